The first-order valence-corrected chi connectivity index (χ1v) is 8.22. The number of aromatic nitrogens is 1. The summed E-state index contributed by atoms with van der Waals surface area (Å²) in [6, 6.07) is 10.7. The van der Waals surface area contributed by atoms with Crippen LogP contribution in [-0.2, 0) is 14.6 Å². The number of benzene rings is 1. The number of nitrogens with zero attached hydrogens (tertiary/aromatic N) is 1. The van der Waals surface area contributed by atoms with Crippen molar-refractivity contribution in [2.45, 2.75) is 24.1 Å². The Morgan fingerprint density at radius 2 is 1.95 bits per heavy atom. The fraction of sp³-hybridized carbons (Fsp3) is 0.312. The van der Waals surface area contributed by atoms with Crippen LogP contribution in [0.1, 0.15) is 21.9 Å². The Morgan fingerprint density at radius 1 is 1.19 bits per heavy atom. The molecule has 0 bridgehead atoms. The molecule has 1 aromatic carbocycles. The minimum atomic E-state index is -3.59. The number of hydrogen-bond acceptors (Lipinski definition) is 4. The molecule has 4 nitrogen and oxygen atoms in total. The highest BCUT2D eigenvalue weighted by Crippen LogP contribution is 2.30. The standard InChI is InChI=1S/C16H19NO3S/c1-12-7-8-13(2)14(10-12)15(11-20-3)21(18,19)16-6-4-5-9-17-16/h4-10,15H,11H2,1-3H3. The lowest BCUT2D eigenvalue weighted by Gasteiger charge is -2.19. The molecular formula is C16H19NO3S. The molecule has 112 valence electrons. The van der Waals surface area contributed by atoms with Crippen molar-refractivity contribution >= 4 is 9.84 Å². The van der Waals surface area contributed by atoms with Gasteiger partial charge in [0.2, 0.25) is 9.84 Å². The second kappa shape index (κ2) is 6.37. The SMILES string of the molecule is COCC(c1cc(C)ccc1C)S(=O)(=O)c1ccccn1. The quantitative estimate of drug-likeness (QED) is 0.852. The zero-order valence-electron chi connectivity index (χ0n) is 12.4. The molecule has 0 aliphatic heterocycles. The van der Waals surface area contributed by atoms with Gasteiger partial charge in [-0.15, -0.1) is 0 Å². The van der Waals surface area contributed by atoms with Crippen molar-refractivity contribution in [1.82, 2.24) is 4.98 Å². The monoisotopic (exact) mass is 305 g/mol. The highest BCUT2D eigenvalue weighted by atomic mass is 32.2. The van der Waals surface area contributed by atoms with Gasteiger partial charge in [0.1, 0.15) is 5.25 Å². The van der Waals surface area contributed by atoms with Crippen LogP contribution in [-0.4, -0.2) is 27.1 Å². The maximum absolute atomic E-state index is 12.8. The normalized spacial score (nSPS) is 13.1. The Labute approximate surface area is 125 Å². The number of ether oxygens (including phenoxy) is 1. The van der Waals surface area contributed by atoms with E-state index in [-0.39, 0.29) is 11.6 Å². The summed E-state index contributed by atoms with van der Waals surface area (Å²) in [5, 5.41) is -0.676. The van der Waals surface area contributed by atoms with Crippen molar-refractivity contribution in [2.24, 2.45) is 0 Å². The molecule has 5 heteroatoms. The third-order valence-corrected chi connectivity index (χ3v) is 5.37. The molecule has 0 amide bonds. The number of methoxy groups -OCH3 is 1. The van der Waals surface area contributed by atoms with Crippen LogP contribution in [0.3, 0.4) is 0 Å². The summed E-state index contributed by atoms with van der Waals surface area (Å²) in [5.74, 6) is 0. The van der Waals surface area contributed by atoms with Gasteiger partial charge in [0.05, 0.1) is 6.61 Å². The summed E-state index contributed by atoms with van der Waals surface area (Å²) in [5.41, 5.74) is 2.72. The molecule has 0 saturated heterocycles. The van der Waals surface area contributed by atoms with E-state index in [1.807, 2.05) is 32.0 Å². The van der Waals surface area contributed by atoms with E-state index in [1.165, 1.54) is 19.4 Å². The molecule has 0 saturated carbocycles. The topological polar surface area (TPSA) is 56.3 Å². The molecule has 2 rings (SSSR count). The summed E-state index contributed by atoms with van der Waals surface area (Å²) < 4.78 is 30.8. The molecule has 0 aliphatic rings. The van der Waals surface area contributed by atoms with Crippen LogP contribution in [0, 0.1) is 13.8 Å². The fourth-order valence-electron chi connectivity index (χ4n) is 2.27. The minimum Gasteiger partial charge on any atom is -0.383 e. The molecule has 0 fully saturated rings. The lowest BCUT2D eigenvalue weighted by Crippen LogP contribution is -2.20. The van der Waals surface area contributed by atoms with Gasteiger partial charge in [0, 0.05) is 13.3 Å². The van der Waals surface area contributed by atoms with Crippen LogP contribution in [0.15, 0.2) is 47.6 Å². The highest BCUT2D eigenvalue weighted by molar-refractivity contribution is 7.91. The number of sulfone groups is 1. The Kier molecular flexibility index (Phi) is 4.75. The first-order valence-electron chi connectivity index (χ1n) is 6.68. The molecule has 0 aliphatic carbocycles. The molecule has 1 heterocycles. The summed E-state index contributed by atoms with van der Waals surface area (Å²) in [6.07, 6.45) is 1.49. The first kappa shape index (κ1) is 15.7. The van der Waals surface area contributed by atoms with E-state index >= 15 is 0 Å². The number of rotatable bonds is 5. The van der Waals surface area contributed by atoms with E-state index in [1.54, 1.807) is 12.1 Å². The predicted octanol–water partition coefficient (Wildman–Crippen LogP) is 2.86. The van der Waals surface area contributed by atoms with E-state index in [0.717, 1.165) is 16.7 Å². The van der Waals surface area contributed by atoms with Crippen LogP contribution in [0.5, 0.6) is 0 Å². The molecule has 0 radical (unpaired) electrons. The van der Waals surface area contributed by atoms with Gasteiger partial charge in [-0.1, -0.05) is 29.8 Å². The predicted molar refractivity (Wildman–Crippen MR) is 82.0 cm³/mol. The third-order valence-electron chi connectivity index (χ3n) is 3.40. The van der Waals surface area contributed by atoms with Crippen molar-refractivity contribution in [3.05, 3.63) is 59.3 Å². The van der Waals surface area contributed by atoms with Crippen LogP contribution in [0.2, 0.25) is 0 Å². The Morgan fingerprint density at radius 3 is 2.57 bits per heavy atom. The van der Waals surface area contributed by atoms with Gasteiger partial charge in [0.15, 0.2) is 5.03 Å². The summed E-state index contributed by atoms with van der Waals surface area (Å²) in [6.45, 7) is 3.95. The lowest BCUT2D eigenvalue weighted by molar-refractivity contribution is 0.197. The molecule has 1 aromatic heterocycles. The fourth-order valence-corrected chi connectivity index (χ4v) is 3.94. The van der Waals surface area contributed by atoms with Gasteiger partial charge in [-0.25, -0.2) is 13.4 Å². The van der Waals surface area contributed by atoms with Gasteiger partial charge in [-0.2, -0.15) is 0 Å². The lowest BCUT2D eigenvalue weighted by atomic mass is 10.0. The number of aryl methyl sites for hydroxylation is 2. The number of pyridine rings is 1. The van der Waals surface area contributed by atoms with Crippen molar-refractivity contribution in [3.63, 3.8) is 0 Å². The average molecular weight is 305 g/mol. The maximum atomic E-state index is 12.8. The van der Waals surface area contributed by atoms with Crippen LogP contribution < -0.4 is 0 Å². The van der Waals surface area contributed by atoms with Gasteiger partial charge in [0.25, 0.3) is 0 Å². The summed E-state index contributed by atoms with van der Waals surface area (Å²) in [7, 11) is -2.09. The van der Waals surface area contributed by atoms with Crippen LogP contribution in [0.4, 0.5) is 0 Å². The molecule has 0 spiro atoms. The Bertz CT molecular complexity index is 712. The van der Waals surface area contributed by atoms with E-state index in [0.29, 0.717) is 0 Å². The van der Waals surface area contributed by atoms with E-state index in [9.17, 15) is 8.42 Å². The molecule has 0 N–H and O–H groups in total. The molecular weight excluding hydrogens is 286 g/mol. The minimum absolute atomic E-state index is 0.0768. The smallest absolute Gasteiger partial charge is 0.204 e. The van der Waals surface area contributed by atoms with E-state index in [4.69, 9.17) is 4.74 Å². The zero-order valence-corrected chi connectivity index (χ0v) is 13.2. The second-order valence-corrected chi connectivity index (χ2v) is 7.09. The van der Waals surface area contributed by atoms with Crippen molar-refractivity contribution < 1.29 is 13.2 Å². The van der Waals surface area contributed by atoms with Gasteiger partial charge in [-0.3, -0.25) is 0 Å². The van der Waals surface area contributed by atoms with Gasteiger partial charge >= 0.3 is 0 Å². The van der Waals surface area contributed by atoms with Crippen molar-refractivity contribution in [3.8, 4) is 0 Å². The van der Waals surface area contributed by atoms with Crippen molar-refractivity contribution in [2.75, 3.05) is 13.7 Å². The average Bonchev–Trinajstić information content (AvgIpc) is 2.48. The highest BCUT2D eigenvalue weighted by Gasteiger charge is 2.31. The summed E-state index contributed by atoms with van der Waals surface area (Å²) in [4.78, 5) is 3.99. The van der Waals surface area contributed by atoms with E-state index in [2.05, 4.69) is 4.98 Å². The van der Waals surface area contributed by atoms with E-state index < -0.39 is 15.1 Å². The number of hydrogen-bond donors (Lipinski definition) is 0. The Hall–Kier alpha value is -1.72. The zero-order chi connectivity index (χ0) is 15.5. The van der Waals surface area contributed by atoms with Crippen LogP contribution >= 0.6 is 0 Å². The maximum Gasteiger partial charge on any atom is 0.204 e. The summed E-state index contributed by atoms with van der Waals surface area (Å²) >= 11 is 0. The Balaban J connectivity index is 2.56. The first-order chi connectivity index (χ1) is 9.96. The third kappa shape index (κ3) is 3.31. The largest absolute Gasteiger partial charge is 0.383 e. The molecule has 1 unspecified atom stereocenters. The van der Waals surface area contributed by atoms with Crippen LogP contribution in [0.25, 0.3) is 0 Å². The molecule has 2 aromatic rings. The van der Waals surface area contributed by atoms with Gasteiger partial charge in [-0.05, 0) is 37.1 Å². The van der Waals surface area contributed by atoms with Gasteiger partial charge < -0.3 is 4.74 Å². The molecule has 21 heavy (non-hydrogen) atoms. The molecule has 1 atom stereocenters. The second-order valence-electron chi connectivity index (χ2n) is 5.02. The van der Waals surface area contributed by atoms with Crippen molar-refractivity contribution in [1.29, 1.82) is 0 Å².